The molecule has 190 valence electrons. The van der Waals surface area contributed by atoms with Crippen molar-refractivity contribution in [1.82, 2.24) is 15.3 Å². The van der Waals surface area contributed by atoms with Crippen LogP contribution < -0.4 is 25.2 Å². The number of aromatic nitrogens is 2. The number of hydrogen-bond acceptors (Lipinski definition) is 8. The molecule has 3 heterocycles. The Morgan fingerprint density at radius 3 is 2.81 bits per heavy atom. The fourth-order valence-corrected chi connectivity index (χ4v) is 4.98. The Morgan fingerprint density at radius 1 is 1.33 bits per heavy atom. The molecule has 0 radical (unpaired) electrons. The van der Waals surface area contributed by atoms with Crippen LogP contribution in [0.25, 0.3) is 10.8 Å². The minimum absolute atomic E-state index is 0.00409. The first-order valence-corrected chi connectivity index (χ1v) is 12.9. The smallest absolute Gasteiger partial charge is 0.252 e. The lowest BCUT2D eigenvalue weighted by molar-refractivity contribution is -0.119. The molecule has 1 aromatic carbocycles. The second kappa shape index (κ2) is 11.0. The van der Waals surface area contributed by atoms with Crippen molar-refractivity contribution in [2.45, 2.75) is 50.7 Å². The highest BCUT2D eigenvalue weighted by molar-refractivity contribution is 7.92. The summed E-state index contributed by atoms with van der Waals surface area (Å²) >= 11 is -1.63. The molecule has 10 nitrogen and oxygen atoms in total. The Morgan fingerprint density at radius 2 is 2.14 bits per heavy atom. The van der Waals surface area contributed by atoms with Crippen molar-refractivity contribution in [3.05, 3.63) is 48.4 Å². The number of anilines is 1. The fraction of sp³-hybridized carbons (Fsp3) is 0.360. The normalized spacial score (nSPS) is 18.2. The van der Waals surface area contributed by atoms with Crippen LogP contribution in [0.1, 0.15) is 44.0 Å². The number of primary amides is 1. The van der Waals surface area contributed by atoms with Crippen molar-refractivity contribution in [2.24, 2.45) is 11.7 Å². The number of amides is 2. The van der Waals surface area contributed by atoms with Crippen LogP contribution in [0.4, 0.5) is 5.69 Å². The largest absolute Gasteiger partial charge is 0.588 e. The van der Waals surface area contributed by atoms with Crippen LogP contribution in [-0.4, -0.2) is 45.1 Å². The molecule has 2 aromatic heterocycles. The topological polar surface area (TPSA) is 152 Å². The van der Waals surface area contributed by atoms with Gasteiger partial charge in [-0.25, -0.2) is 9.71 Å². The van der Waals surface area contributed by atoms with Gasteiger partial charge in [0.1, 0.15) is 29.4 Å². The molecule has 1 aliphatic rings. The van der Waals surface area contributed by atoms with E-state index in [0.717, 1.165) is 6.42 Å². The maximum Gasteiger partial charge on any atom is 0.252 e. The molecule has 36 heavy (non-hydrogen) atoms. The van der Waals surface area contributed by atoms with E-state index in [1.165, 1.54) is 12.4 Å². The maximum absolute atomic E-state index is 12.9. The summed E-state index contributed by atoms with van der Waals surface area (Å²) in [7, 11) is 0. The van der Waals surface area contributed by atoms with Crippen LogP contribution in [0, 0.1) is 5.92 Å². The highest BCUT2D eigenvalue weighted by Gasteiger charge is 2.32. The SMILES string of the molecule is CCC1CC(=O)NC1COc1ncc(N[S+]([O-])c2cccnc2)c2cc(C(N)=O)c(OC(C)C)cc12. The molecule has 3 unspecified atom stereocenters. The van der Waals surface area contributed by atoms with Crippen molar-refractivity contribution in [1.29, 1.82) is 0 Å². The Hall–Kier alpha value is -3.57. The standard InChI is InChI=1S/C25H29N5O5S/c1-4-15-8-23(31)29-21(15)13-34-25-18-10-22(35-14(2)3)19(24(26)32)9-17(18)20(12-28-25)30-36(33)16-6-5-7-27-11-16/h5-7,9-12,14-15,21,30H,4,8,13H2,1-3H3,(H2,26,32)(H,29,31). The summed E-state index contributed by atoms with van der Waals surface area (Å²) in [5.41, 5.74) is 6.25. The lowest BCUT2D eigenvalue weighted by Crippen LogP contribution is -2.34. The summed E-state index contributed by atoms with van der Waals surface area (Å²) in [5.74, 6) is 0.106. The predicted octanol–water partition coefficient (Wildman–Crippen LogP) is 2.94. The van der Waals surface area contributed by atoms with Gasteiger partial charge in [0.2, 0.25) is 11.8 Å². The van der Waals surface area contributed by atoms with E-state index in [0.29, 0.717) is 39.4 Å². The van der Waals surface area contributed by atoms with E-state index >= 15 is 0 Å². The van der Waals surface area contributed by atoms with E-state index in [-0.39, 0.29) is 36.1 Å². The monoisotopic (exact) mass is 511 g/mol. The molecule has 1 fully saturated rings. The third kappa shape index (κ3) is 5.63. The van der Waals surface area contributed by atoms with Gasteiger partial charge in [0.25, 0.3) is 5.91 Å². The second-order valence-electron chi connectivity index (χ2n) is 8.82. The number of rotatable bonds is 10. The van der Waals surface area contributed by atoms with E-state index in [1.807, 2.05) is 20.8 Å². The summed E-state index contributed by atoms with van der Waals surface area (Å²) in [6.07, 6.45) is 5.68. The Labute approximate surface area is 212 Å². The Kier molecular flexibility index (Phi) is 7.80. The number of fused-ring (bicyclic) bond motifs is 1. The molecule has 3 atom stereocenters. The first-order valence-electron chi connectivity index (χ1n) is 11.7. The van der Waals surface area contributed by atoms with Crippen molar-refractivity contribution in [3.8, 4) is 11.6 Å². The first kappa shape index (κ1) is 25.5. The summed E-state index contributed by atoms with van der Waals surface area (Å²) in [4.78, 5) is 33.1. The minimum Gasteiger partial charge on any atom is -0.588 e. The Balaban J connectivity index is 1.74. The van der Waals surface area contributed by atoms with Crippen molar-refractivity contribution < 1.29 is 23.6 Å². The number of carbonyl (C=O) groups is 2. The molecular formula is C25H29N5O5S. The quantitative estimate of drug-likeness (QED) is 0.351. The summed E-state index contributed by atoms with van der Waals surface area (Å²) in [6.45, 7) is 5.95. The molecule has 3 aromatic rings. The molecule has 11 heteroatoms. The zero-order valence-corrected chi connectivity index (χ0v) is 21.1. The third-order valence-electron chi connectivity index (χ3n) is 5.92. The van der Waals surface area contributed by atoms with E-state index in [2.05, 4.69) is 20.0 Å². The van der Waals surface area contributed by atoms with Gasteiger partial charge in [-0.15, -0.1) is 0 Å². The molecule has 1 saturated heterocycles. The second-order valence-corrected chi connectivity index (χ2v) is 10.0. The predicted molar refractivity (Wildman–Crippen MR) is 136 cm³/mol. The molecule has 0 spiro atoms. The van der Waals surface area contributed by atoms with Gasteiger partial charge in [-0.2, -0.15) is 0 Å². The van der Waals surface area contributed by atoms with Gasteiger partial charge in [0.15, 0.2) is 4.90 Å². The van der Waals surface area contributed by atoms with Crippen LogP contribution in [0.5, 0.6) is 11.6 Å². The molecule has 4 N–H and O–H groups in total. The van der Waals surface area contributed by atoms with Gasteiger partial charge < -0.3 is 25.1 Å². The van der Waals surface area contributed by atoms with Crippen LogP contribution in [0.3, 0.4) is 0 Å². The van der Waals surface area contributed by atoms with Crippen molar-refractivity contribution >= 4 is 39.6 Å². The number of benzene rings is 1. The van der Waals surface area contributed by atoms with Gasteiger partial charge in [-0.05, 0) is 44.0 Å². The Bertz CT molecular complexity index is 1260. The van der Waals surface area contributed by atoms with Crippen LogP contribution in [-0.2, 0) is 16.2 Å². The summed E-state index contributed by atoms with van der Waals surface area (Å²) in [6, 6.07) is 6.48. The van der Waals surface area contributed by atoms with Gasteiger partial charge in [-0.1, -0.05) is 13.3 Å². The zero-order chi connectivity index (χ0) is 25.8. The highest BCUT2D eigenvalue weighted by Crippen LogP contribution is 2.36. The van der Waals surface area contributed by atoms with Gasteiger partial charge >= 0.3 is 0 Å². The average molecular weight is 512 g/mol. The average Bonchev–Trinajstić information content (AvgIpc) is 3.22. The highest BCUT2D eigenvalue weighted by atomic mass is 32.2. The van der Waals surface area contributed by atoms with E-state index in [9.17, 15) is 14.1 Å². The number of nitrogens with two attached hydrogens (primary N) is 1. The third-order valence-corrected chi connectivity index (χ3v) is 6.99. The van der Waals surface area contributed by atoms with Crippen LogP contribution >= 0.6 is 0 Å². The van der Waals surface area contributed by atoms with Crippen molar-refractivity contribution in [3.63, 3.8) is 0 Å². The molecule has 0 saturated carbocycles. The van der Waals surface area contributed by atoms with Gasteiger partial charge in [0.05, 0.1) is 30.1 Å². The summed E-state index contributed by atoms with van der Waals surface area (Å²) < 4.78 is 27.8. The number of hydrogen-bond donors (Lipinski definition) is 3. The number of nitrogens with one attached hydrogen (secondary N) is 2. The minimum atomic E-state index is -1.63. The number of nitrogens with zero attached hydrogens (tertiary/aromatic N) is 2. The lowest BCUT2D eigenvalue weighted by Gasteiger charge is -2.20. The van der Waals surface area contributed by atoms with Crippen LogP contribution in [0.2, 0.25) is 0 Å². The molecular weight excluding hydrogens is 482 g/mol. The van der Waals surface area contributed by atoms with Crippen LogP contribution in [0.15, 0.2) is 47.8 Å². The summed E-state index contributed by atoms with van der Waals surface area (Å²) in [5, 5.41) is 4.03. The fourth-order valence-electron chi connectivity index (χ4n) is 4.14. The van der Waals surface area contributed by atoms with Gasteiger partial charge in [0, 0.05) is 23.4 Å². The molecule has 2 amide bonds. The molecule has 1 aliphatic heterocycles. The van der Waals surface area contributed by atoms with E-state index in [4.69, 9.17) is 15.2 Å². The van der Waals surface area contributed by atoms with E-state index in [1.54, 1.807) is 30.5 Å². The van der Waals surface area contributed by atoms with Gasteiger partial charge in [-0.3, -0.25) is 14.6 Å². The maximum atomic E-state index is 12.9. The molecule has 4 rings (SSSR count). The molecule has 0 bridgehead atoms. The number of carbonyl (C=O) groups excluding carboxylic acids is 2. The van der Waals surface area contributed by atoms with Crippen molar-refractivity contribution in [2.75, 3.05) is 11.3 Å². The molecule has 0 aliphatic carbocycles. The number of ether oxygens (including phenoxy) is 2. The number of pyridine rings is 2. The van der Waals surface area contributed by atoms with E-state index < -0.39 is 17.3 Å². The first-order chi connectivity index (χ1) is 17.3. The lowest BCUT2D eigenvalue weighted by atomic mass is 9.98. The zero-order valence-electron chi connectivity index (χ0n) is 20.3.